The number of hydrogen-bond donors (Lipinski definition) is 0. The number of nitrogens with zero attached hydrogens (tertiary/aromatic N) is 4. The standard InChI is InChI=1S/C40H40N4O3/c1-47-38-25-29(15-17-35(38)34-13-8-11-28-9-2-4-12-33(28)34)39(45)44-27-32-16-18-37(43(32)26-30-10-3-5-14-36(30)44)40(46)42-23-19-31(20-24-42)41-21-6-7-22-41/h2-5,8-18,25,31H,6-7,19-24,26-27H2,1H3. The lowest BCUT2D eigenvalue weighted by Gasteiger charge is -2.36. The molecule has 1 aromatic heterocycles. The molecule has 3 aliphatic rings. The van der Waals surface area contributed by atoms with Gasteiger partial charge in [0.1, 0.15) is 11.4 Å². The molecule has 0 radical (unpaired) electrons. The van der Waals surface area contributed by atoms with Crippen LogP contribution in [0.4, 0.5) is 5.69 Å². The van der Waals surface area contributed by atoms with E-state index < -0.39 is 0 Å². The number of fused-ring (bicyclic) bond motifs is 3. The topological polar surface area (TPSA) is 58.0 Å². The molecule has 8 rings (SSSR count). The smallest absolute Gasteiger partial charge is 0.270 e. The summed E-state index contributed by atoms with van der Waals surface area (Å²) in [5.41, 5.74) is 6.08. The highest BCUT2D eigenvalue weighted by Gasteiger charge is 2.32. The van der Waals surface area contributed by atoms with Gasteiger partial charge < -0.3 is 24.0 Å². The van der Waals surface area contributed by atoms with Crippen molar-refractivity contribution in [2.75, 3.05) is 38.2 Å². The van der Waals surface area contributed by atoms with Gasteiger partial charge in [0.2, 0.25) is 0 Å². The first kappa shape index (κ1) is 29.5. The number of carbonyl (C=O) groups is 2. The van der Waals surface area contributed by atoms with E-state index >= 15 is 0 Å². The Morgan fingerprint density at radius 3 is 2.32 bits per heavy atom. The predicted molar refractivity (Wildman–Crippen MR) is 186 cm³/mol. The lowest BCUT2D eigenvalue weighted by atomic mass is 9.96. The van der Waals surface area contributed by atoms with Crippen molar-refractivity contribution in [3.8, 4) is 16.9 Å². The molecule has 5 aromatic rings. The monoisotopic (exact) mass is 624 g/mol. The van der Waals surface area contributed by atoms with Crippen molar-refractivity contribution in [1.82, 2.24) is 14.4 Å². The minimum absolute atomic E-state index is 0.0853. The molecule has 3 aliphatic heterocycles. The van der Waals surface area contributed by atoms with Crippen LogP contribution < -0.4 is 9.64 Å². The summed E-state index contributed by atoms with van der Waals surface area (Å²) in [7, 11) is 1.65. The number of methoxy groups -OCH3 is 1. The molecule has 4 aromatic carbocycles. The maximum absolute atomic E-state index is 14.4. The van der Waals surface area contributed by atoms with Gasteiger partial charge in [0.15, 0.2) is 0 Å². The number of carbonyl (C=O) groups excluding carboxylic acids is 2. The van der Waals surface area contributed by atoms with E-state index in [-0.39, 0.29) is 11.8 Å². The number of likely N-dealkylation sites (tertiary alicyclic amines) is 2. The Kier molecular flexibility index (Phi) is 7.77. The number of piperidine rings is 1. The molecule has 4 heterocycles. The third-order valence-corrected chi connectivity index (χ3v) is 10.4. The van der Waals surface area contributed by atoms with Crippen LogP contribution in [0.2, 0.25) is 0 Å². The molecule has 0 saturated carbocycles. The average Bonchev–Trinajstić information content (AvgIpc) is 3.78. The van der Waals surface area contributed by atoms with Crippen molar-refractivity contribution < 1.29 is 14.3 Å². The van der Waals surface area contributed by atoms with Gasteiger partial charge in [-0.3, -0.25) is 9.59 Å². The average molecular weight is 625 g/mol. The van der Waals surface area contributed by atoms with Crippen LogP contribution in [0.1, 0.15) is 57.8 Å². The maximum Gasteiger partial charge on any atom is 0.270 e. The van der Waals surface area contributed by atoms with Gasteiger partial charge in [0.05, 0.1) is 20.2 Å². The van der Waals surface area contributed by atoms with E-state index in [1.807, 2.05) is 70.5 Å². The number of amides is 2. The Morgan fingerprint density at radius 2 is 1.49 bits per heavy atom. The first-order chi connectivity index (χ1) is 23.1. The fourth-order valence-electron chi connectivity index (χ4n) is 7.89. The molecule has 2 fully saturated rings. The highest BCUT2D eigenvalue weighted by molar-refractivity contribution is 6.08. The maximum atomic E-state index is 14.4. The van der Waals surface area contributed by atoms with Crippen LogP contribution in [0.15, 0.2) is 97.1 Å². The SMILES string of the molecule is COc1cc(C(=O)N2Cc3ccc(C(=O)N4CCC(N5CCCC5)CC4)n3Cc3ccccc32)ccc1-c1cccc2ccccc12. The summed E-state index contributed by atoms with van der Waals surface area (Å²) in [5, 5.41) is 2.29. The third kappa shape index (κ3) is 5.38. The Bertz CT molecular complexity index is 1960. The molecule has 0 unspecified atom stereocenters. The Labute approximate surface area is 276 Å². The lowest BCUT2D eigenvalue weighted by Crippen LogP contribution is -2.46. The molecule has 0 aliphatic carbocycles. The van der Waals surface area contributed by atoms with Gasteiger partial charge in [0, 0.05) is 41.6 Å². The van der Waals surface area contributed by atoms with E-state index in [9.17, 15) is 9.59 Å². The van der Waals surface area contributed by atoms with Gasteiger partial charge in [0.25, 0.3) is 11.8 Å². The van der Waals surface area contributed by atoms with Crippen LogP contribution >= 0.6 is 0 Å². The molecule has 2 amide bonds. The van der Waals surface area contributed by atoms with Gasteiger partial charge >= 0.3 is 0 Å². The number of benzene rings is 4. The van der Waals surface area contributed by atoms with Crippen molar-refractivity contribution in [3.05, 3.63) is 120 Å². The Hall–Kier alpha value is -4.88. The fraction of sp³-hybridized carbons (Fsp3) is 0.300. The molecule has 0 N–H and O–H groups in total. The normalized spacial score (nSPS) is 17.0. The van der Waals surface area contributed by atoms with Crippen LogP contribution in [0, 0.1) is 0 Å². The van der Waals surface area contributed by atoms with Crippen LogP contribution in [0.25, 0.3) is 21.9 Å². The highest BCUT2D eigenvalue weighted by Crippen LogP contribution is 2.37. The first-order valence-electron chi connectivity index (χ1n) is 16.9. The van der Waals surface area contributed by atoms with Gasteiger partial charge in [-0.05, 0) is 97.1 Å². The van der Waals surface area contributed by atoms with E-state index in [4.69, 9.17) is 4.74 Å². The second-order valence-electron chi connectivity index (χ2n) is 13.0. The van der Waals surface area contributed by atoms with E-state index in [1.165, 1.54) is 25.9 Å². The van der Waals surface area contributed by atoms with Gasteiger partial charge in [-0.15, -0.1) is 0 Å². The van der Waals surface area contributed by atoms with E-state index in [0.717, 1.165) is 64.8 Å². The summed E-state index contributed by atoms with van der Waals surface area (Å²) in [6.45, 7) is 4.88. The third-order valence-electron chi connectivity index (χ3n) is 10.4. The van der Waals surface area contributed by atoms with Crippen molar-refractivity contribution >= 4 is 28.3 Å². The minimum Gasteiger partial charge on any atom is -0.496 e. The number of aromatic nitrogens is 1. The molecule has 2 saturated heterocycles. The molecular formula is C40H40N4O3. The summed E-state index contributed by atoms with van der Waals surface area (Å²) in [6.07, 6.45) is 4.65. The summed E-state index contributed by atoms with van der Waals surface area (Å²) in [5.74, 6) is 0.633. The minimum atomic E-state index is -0.105. The van der Waals surface area contributed by atoms with Crippen LogP contribution in [-0.2, 0) is 13.1 Å². The van der Waals surface area contributed by atoms with Crippen LogP contribution in [0.3, 0.4) is 0 Å². The van der Waals surface area contributed by atoms with Crippen molar-refractivity contribution in [3.63, 3.8) is 0 Å². The summed E-state index contributed by atoms with van der Waals surface area (Å²) < 4.78 is 8.00. The van der Waals surface area contributed by atoms with Crippen molar-refractivity contribution in [2.24, 2.45) is 0 Å². The number of para-hydroxylation sites is 1. The van der Waals surface area contributed by atoms with Crippen molar-refractivity contribution in [2.45, 2.75) is 44.8 Å². The second kappa shape index (κ2) is 12.4. The van der Waals surface area contributed by atoms with Gasteiger partial charge in [-0.1, -0.05) is 60.7 Å². The van der Waals surface area contributed by atoms with E-state index in [0.29, 0.717) is 36.1 Å². The Balaban J connectivity index is 1.08. The van der Waals surface area contributed by atoms with E-state index in [2.05, 4.69) is 45.9 Å². The molecule has 7 heteroatoms. The summed E-state index contributed by atoms with van der Waals surface area (Å²) >= 11 is 0. The lowest BCUT2D eigenvalue weighted by molar-refractivity contribution is 0.0634. The predicted octanol–water partition coefficient (Wildman–Crippen LogP) is 7.23. The first-order valence-corrected chi connectivity index (χ1v) is 16.9. The number of rotatable bonds is 5. The molecule has 238 valence electrons. The quantitative estimate of drug-likeness (QED) is 0.207. The number of hydrogen-bond acceptors (Lipinski definition) is 4. The molecule has 0 atom stereocenters. The van der Waals surface area contributed by atoms with Crippen molar-refractivity contribution in [1.29, 1.82) is 0 Å². The molecule has 47 heavy (non-hydrogen) atoms. The molecule has 7 nitrogen and oxygen atoms in total. The fourth-order valence-corrected chi connectivity index (χ4v) is 7.89. The van der Waals surface area contributed by atoms with Crippen LogP contribution in [-0.4, -0.2) is 65.5 Å². The molecule has 0 spiro atoms. The van der Waals surface area contributed by atoms with E-state index in [1.54, 1.807) is 7.11 Å². The van der Waals surface area contributed by atoms with Gasteiger partial charge in [-0.2, -0.15) is 0 Å². The number of anilines is 1. The highest BCUT2D eigenvalue weighted by atomic mass is 16.5. The second-order valence-corrected chi connectivity index (χ2v) is 13.0. The number of ether oxygens (including phenoxy) is 1. The zero-order valence-corrected chi connectivity index (χ0v) is 26.9. The Morgan fingerprint density at radius 1 is 0.723 bits per heavy atom. The molecule has 0 bridgehead atoms. The zero-order valence-electron chi connectivity index (χ0n) is 26.9. The largest absolute Gasteiger partial charge is 0.496 e. The summed E-state index contributed by atoms with van der Waals surface area (Å²) in [4.78, 5) is 34.8. The zero-order chi connectivity index (χ0) is 31.9. The summed E-state index contributed by atoms with van der Waals surface area (Å²) in [6, 6.07) is 32.9. The van der Waals surface area contributed by atoms with Gasteiger partial charge in [-0.25, -0.2) is 0 Å². The van der Waals surface area contributed by atoms with Crippen LogP contribution in [0.5, 0.6) is 5.75 Å². The molecular weight excluding hydrogens is 584 g/mol.